The number of hydrogen-bond donors (Lipinski definition) is 0. The summed E-state index contributed by atoms with van der Waals surface area (Å²) in [6, 6.07) is 7.16. The fraction of sp³-hybridized carbons (Fsp3) is 0.429. The summed E-state index contributed by atoms with van der Waals surface area (Å²) in [5.41, 5.74) is 1.26. The van der Waals surface area contributed by atoms with Gasteiger partial charge >= 0.3 is 6.09 Å². The molecule has 0 bridgehead atoms. The highest BCUT2D eigenvalue weighted by Gasteiger charge is 2.27. The highest BCUT2D eigenvalue weighted by Crippen LogP contribution is 2.27. The largest absolute Gasteiger partial charge is 0.449 e. The Hall–Kier alpha value is -1.84. The Bertz CT molecular complexity index is 468. The van der Waals surface area contributed by atoms with Crippen molar-refractivity contribution in [2.45, 2.75) is 20.3 Å². The zero-order chi connectivity index (χ0) is 13.1. The van der Waals surface area contributed by atoms with Gasteiger partial charge in [-0.15, -0.1) is 0 Å². The molecular weight excluding hydrogens is 230 g/mol. The number of rotatable bonds is 2. The molecule has 18 heavy (non-hydrogen) atoms. The zero-order valence-corrected chi connectivity index (χ0v) is 10.7. The molecular formula is C14H17NO3. The van der Waals surface area contributed by atoms with Crippen molar-refractivity contribution >= 4 is 17.6 Å². The number of carbonyl (C=O) groups excluding carboxylic acids is 2. The number of amides is 1. The van der Waals surface area contributed by atoms with Crippen LogP contribution in [0.3, 0.4) is 0 Å². The number of hydrogen-bond acceptors (Lipinski definition) is 3. The number of fused-ring (bicyclic) bond motifs is 1. The van der Waals surface area contributed by atoms with Gasteiger partial charge in [0, 0.05) is 18.5 Å². The normalized spacial score (nSPS) is 14.6. The highest BCUT2D eigenvalue weighted by atomic mass is 16.6. The van der Waals surface area contributed by atoms with Crippen LogP contribution >= 0.6 is 0 Å². The number of ketones is 1. The highest BCUT2D eigenvalue weighted by molar-refractivity contribution is 6.07. The molecule has 0 spiro atoms. The van der Waals surface area contributed by atoms with Crippen molar-refractivity contribution in [2.75, 3.05) is 18.1 Å². The molecule has 1 aromatic rings. The third kappa shape index (κ3) is 2.53. The quantitative estimate of drug-likeness (QED) is 0.807. The minimum absolute atomic E-state index is 0.0820. The van der Waals surface area contributed by atoms with E-state index in [0.29, 0.717) is 36.7 Å². The molecule has 0 radical (unpaired) electrons. The number of nitrogens with zero attached hydrogens (tertiary/aromatic N) is 1. The number of benzene rings is 1. The third-order valence-corrected chi connectivity index (χ3v) is 2.82. The minimum Gasteiger partial charge on any atom is -0.449 e. The Morgan fingerprint density at radius 1 is 1.39 bits per heavy atom. The van der Waals surface area contributed by atoms with Gasteiger partial charge in [0.2, 0.25) is 0 Å². The van der Waals surface area contributed by atoms with Crippen molar-refractivity contribution in [3.8, 4) is 0 Å². The zero-order valence-electron chi connectivity index (χ0n) is 10.7. The van der Waals surface area contributed by atoms with Gasteiger partial charge in [0.1, 0.15) is 0 Å². The Morgan fingerprint density at radius 3 is 2.83 bits per heavy atom. The van der Waals surface area contributed by atoms with Crippen molar-refractivity contribution in [3.63, 3.8) is 0 Å². The first-order valence-corrected chi connectivity index (χ1v) is 6.16. The van der Waals surface area contributed by atoms with Gasteiger partial charge in [0.15, 0.2) is 5.78 Å². The van der Waals surface area contributed by atoms with Crippen LogP contribution in [0, 0.1) is 5.92 Å². The van der Waals surface area contributed by atoms with E-state index in [1.807, 2.05) is 19.9 Å². The predicted octanol–water partition coefficient (Wildman–Crippen LogP) is 2.87. The number of Topliss-reactive ketones (excluding diaryl/α,β-unsaturated/α-hetero) is 1. The lowest BCUT2D eigenvalue weighted by molar-refractivity contribution is 0.0977. The van der Waals surface area contributed by atoms with Gasteiger partial charge in [-0.1, -0.05) is 26.0 Å². The van der Waals surface area contributed by atoms with Crippen LogP contribution in [-0.2, 0) is 4.74 Å². The summed E-state index contributed by atoms with van der Waals surface area (Å²) in [4.78, 5) is 25.2. The molecule has 1 aliphatic rings. The van der Waals surface area contributed by atoms with Crippen LogP contribution in [0.25, 0.3) is 0 Å². The molecule has 4 nitrogen and oxygen atoms in total. The van der Waals surface area contributed by atoms with E-state index in [0.717, 1.165) is 0 Å². The monoisotopic (exact) mass is 247 g/mol. The lowest BCUT2D eigenvalue weighted by atomic mass is 10.0. The van der Waals surface area contributed by atoms with Crippen LogP contribution < -0.4 is 4.90 Å². The second-order valence-electron chi connectivity index (χ2n) is 4.81. The number of carbonyl (C=O) groups is 2. The van der Waals surface area contributed by atoms with Gasteiger partial charge < -0.3 is 4.74 Å². The smallest absolute Gasteiger partial charge is 0.414 e. The van der Waals surface area contributed by atoms with E-state index in [9.17, 15) is 9.59 Å². The Kier molecular flexibility index (Phi) is 3.65. The second kappa shape index (κ2) is 5.21. The van der Waals surface area contributed by atoms with Crippen molar-refractivity contribution < 1.29 is 14.3 Å². The van der Waals surface area contributed by atoms with E-state index in [2.05, 4.69) is 0 Å². The Balaban J connectivity index is 2.18. The molecule has 96 valence electrons. The lowest BCUT2D eigenvalue weighted by Crippen LogP contribution is -2.38. The molecule has 1 heterocycles. The van der Waals surface area contributed by atoms with Crippen LogP contribution in [0.2, 0.25) is 0 Å². The van der Waals surface area contributed by atoms with Crippen LogP contribution in [-0.4, -0.2) is 25.0 Å². The molecule has 0 aromatic heterocycles. The molecule has 1 amide bonds. The van der Waals surface area contributed by atoms with Gasteiger partial charge in [0.05, 0.1) is 12.3 Å². The van der Waals surface area contributed by atoms with Gasteiger partial charge in [-0.05, 0) is 18.1 Å². The van der Waals surface area contributed by atoms with E-state index in [1.165, 1.54) is 0 Å². The first-order chi connectivity index (χ1) is 8.59. The van der Waals surface area contributed by atoms with Crippen LogP contribution in [0.1, 0.15) is 30.6 Å². The summed E-state index contributed by atoms with van der Waals surface area (Å²) >= 11 is 0. The molecule has 0 unspecified atom stereocenters. The van der Waals surface area contributed by atoms with E-state index in [1.54, 1.807) is 23.1 Å². The van der Waals surface area contributed by atoms with E-state index in [-0.39, 0.29) is 11.9 Å². The summed E-state index contributed by atoms with van der Waals surface area (Å²) in [7, 11) is 0. The van der Waals surface area contributed by atoms with Crippen LogP contribution in [0.5, 0.6) is 0 Å². The third-order valence-electron chi connectivity index (χ3n) is 2.82. The number of ether oxygens (including phenoxy) is 1. The minimum atomic E-state index is -0.372. The van der Waals surface area contributed by atoms with E-state index >= 15 is 0 Å². The fourth-order valence-electron chi connectivity index (χ4n) is 1.92. The molecule has 0 N–H and O–H groups in total. The topological polar surface area (TPSA) is 46.6 Å². The average Bonchev–Trinajstić information content (AvgIpc) is 2.37. The summed E-state index contributed by atoms with van der Waals surface area (Å²) in [6.07, 6.45) is -0.0167. The van der Waals surface area contributed by atoms with Crippen molar-refractivity contribution in [1.29, 1.82) is 0 Å². The predicted molar refractivity (Wildman–Crippen MR) is 68.9 cm³/mol. The molecule has 0 aliphatic carbocycles. The van der Waals surface area contributed by atoms with Crippen LogP contribution in [0.4, 0.5) is 10.5 Å². The van der Waals surface area contributed by atoms with Gasteiger partial charge in [-0.25, -0.2) is 4.79 Å². The van der Waals surface area contributed by atoms with Gasteiger partial charge in [0.25, 0.3) is 0 Å². The van der Waals surface area contributed by atoms with Crippen molar-refractivity contribution in [2.24, 2.45) is 5.92 Å². The first kappa shape index (κ1) is 12.6. The molecule has 4 heteroatoms. The summed E-state index contributed by atoms with van der Waals surface area (Å²) in [5.74, 6) is 0.383. The Labute approximate surface area is 107 Å². The molecule has 2 rings (SSSR count). The summed E-state index contributed by atoms with van der Waals surface area (Å²) < 4.78 is 5.21. The second-order valence-corrected chi connectivity index (χ2v) is 4.81. The molecule has 1 aromatic carbocycles. The molecule has 0 fully saturated rings. The SMILES string of the molecule is CC(C)COC(=O)N1CCC(=O)c2ccccc21. The van der Waals surface area contributed by atoms with Crippen molar-refractivity contribution in [1.82, 2.24) is 0 Å². The molecule has 1 aliphatic heterocycles. The number of para-hydroxylation sites is 1. The fourth-order valence-corrected chi connectivity index (χ4v) is 1.92. The maximum Gasteiger partial charge on any atom is 0.414 e. The summed E-state index contributed by atoms with van der Waals surface area (Å²) in [6.45, 7) is 4.76. The lowest BCUT2D eigenvalue weighted by Gasteiger charge is -2.28. The maximum absolute atomic E-state index is 12.0. The Morgan fingerprint density at radius 2 is 2.11 bits per heavy atom. The van der Waals surface area contributed by atoms with E-state index < -0.39 is 0 Å². The first-order valence-electron chi connectivity index (χ1n) is 6.16. The molecule has 0 atom stereocenters. The summed E-state index contributed by atoms with van der Waals surface area (Å²) in [5, 5.41) is 0. The number of anilines is 1. The molecule has 0 saturated carbocycles. The standard InChI is InChI=1S/C14H17NO3/c1-10(2)9-18-14(17)15-8-7-13(16)11-5-3-4-6-12(11)15/h3-6,10H,7-9H2,1-2H3. The van der Waals surface area contributed by atoms with Crippen LogP contribution in [0.15, 0.2) is 24.3 Å². The molecule has 0 saturated heterocycles. The average molecular weight is 247 g/mol. The van der Waals surface area contributed by atoms with Crippen molar-refractivity contribution in [3.05, 3.63) is 29.8 Å². The van der Waals surface area contributed by atoms with Gasteiger partial charge in [-0.3, -0.25) is 9.69 Å². The maximum atomic E-state index is 12.0. The van der Waals surface area contributed by atoms with Gasteiger partial charge in [-0.2, -0.15) is 0 Å². The van der Waals surface area contributed by atoms with E-state index in [4.69, 9.17) is 4.74 Å².